The summed E-state index contributed by atoms with van der Waals surface area (Å²) in [4.78, 5) is 31.3. The molecule has 9 heteroatoms. The number of carbonyl (C=O) groups is 1. The summed E-state index contributed by atoms with van der Waals surface area (Å²) in [6.45, 7) is 1.54. The molecule has 0 saturated carbocycles. The van der Waals surface area contributed by atoms with E-state index in [9.17, 15) is 4.79 Å². The van der Waals surface area contributed by atoms with E-state index in [2.05, 4.69) is 21.0 Å². The molecule has 4 heterocycles. The highest BCUT2D eigenvalue weighted by Crippen LogP contribution is 2.33. The van der Waals surface area contributed by atoms with Crippen LogP contribution in [0.1, 0.15) is 23.8 Å². The smallest absolute Gasteiger partial charge is 0.233 e. The van der Waals surface area contributed by atoms with Gasteiger partial charge < -0.3 is 9.88 Å². The van der Waals surface area contributed by atoms with Crippen LogP contribution in [-0.4, -0.2) is 49.6 Å². The molecule has 1 fully saturated rings. The topological polar surface area (TPSA) is 74.8 Å². The third-order valence-corrected chi connectivity index (χ3v) is 7.31. The fourth-order valence-electron chi connectivity index (χ4n) is 3.61. The Kier molecular flexibility index (Phi) is 5.15. The largest absolute Gasteiger partial charge is 0.341 e. The van der Waals surface area contributed by atoms with Crippen molar-refractivity contribution in [3.05, 3.63) is 46.6 Å². The van der Waals surface area contributed by atoms with Gasteiger partial charge in [-0.25, -0.2) is 15.0 Å². The van der Waals surface area contributed by atoms with Gasteiger partial charge in [-0.2, -0.15) is 0 Å². The Morgan fingerprint density at radius 3 is 3.14 bits per heavy atom. The molecule has 1 aliphatic rings. The van der Waals surface area contributed by atoms with E-state index >= 15 is 0 Å². The molecular weight excluding hydrogens is 426 g/mol. The van der Waals surface area contributed by atoms with Gasteiger partial charge >= 0.3 is 0 Å². The lowest BCUT2D eigenvalue weighted by Gasteiger charge is -2.31. The summed E-state index contributed by atoms with van der Waals surface area (Å²) in [5.41, 5.74) is 2.43. The minimum Gasteiger partial charge on any atom is -0.341 e. The van der Waals surface area contributed by atoms with Crippen molar-refractivity contribution in [1.82, 2.24) is 24.8 Å². The fourth-order valence-corrected chi connectivity index (χ4v) is 5.64. The molecule has 1 amide bonds. The van der Waals surface area contributed by atoms with Gasteiger partial charge in [-0.05, 0) is 31.0 Å². The lowest BCUT2D eigenvalue weighted by atomic mass is 9.99. The van der Waals surface area contributed by atoms with Gasteiger partial charge in [0.15, 0.2) is 10.8 Å². The Bertz CT molecular complexity index is 1160. The average Bonchev–Trinajstić information content (AvgIpc) is 3.35. The number of hydrogen-bond donors (Lipinski definition) is 1. The number of nitrogens with one attached hydrogen (secondary N) is 1. The lowest BCUT2D eigenvalue weighted by Crippen LogP contribution is -2.40. The molecule has 0 bridgehead atoms. The number of nitrogens with zero attached hydrogens (tertiary/aromatic N) is 4. The Labute approximate surface area is 180 Å². The molecule has 0 aliphatic carbocycles. The molecule has 1 saturated heterocycles. The molecule has 148 valence electrons. The molecule has 1 aliphatic heterocycles. The third kappa shape index (κ3) is 3.97. The van der Waals surface area contributed by atoms with E-state index in [1.165, 1.54) is 16.5 Å². The SMILES string of the molecule is O=C(CSc1nc2ncc(Cl)cc2[nH]1)N1CCC[C@H](c2nc3ccccc3s2)C1. The number of para-hydroxylation sites is 1. The summed E-state index contributed by atoms with van der Waals surface area (Å²) in [6.07, 6.45) is 3.65. The molecule has 6 nitrogen and oxygen atoms in total. The van der Waals surface area contributed by atoms with Crippen molar-refractivity contribution in [1.29, 1.82) is 0 Å². The van der Waals surface area contributed by atoms with Crippen LogP contribution in [0.4, 0.5) is 0 Å². The van der Waals surface area contributed by atoms with Gasteiger partial charge in [0.25, 0.3) is 0 Å². The number of piperidine rings is 1. The Morgan fingerprint density at radius 1 is 1.34 bits per heavy atom. The summed E-state index contributed by atoms with van der Waals surface area (Å²) in [5.74, 6) is 0.792. The van der Waals surface area contributed by atoms with Gasteiger partial charge in [0.05, 0.1) is 31.5 Å². The van der Waals surface area contributed by atoms with Crippen molar-refractivity contribution in [3.8, 4) is 0 Å². The predicted molar refractivity (Wildman–Crippen MR) is 118 cm³/mol. The number of likely N-dealkylation sites (tertiary alicyclic amines) is 1. The van der Waals surface area contributed by atoms with E-state index in [1.54, 1.807) is 23.6 Å². The van der Waals surface area contributed by atoms with Crippen LogP contribution in [-0.2, 0) is 4.79 Å². The molecule has 3 aromatic heterocycles. The monoisotopic (exact) mass is 443 g/mol. The van der Waals surface area contributed by atoms with Gasteiger partial charge in [0.2, 0.25) is 5.91 Å². The van der Waals surface area contributed by atoms with Crippen molar-refractivity contribution in [3.63, 3.8) is 0 Å². The Morgan fingerprint density at radius 2 is 2.24 bits per heavy atom. The Balaban J connectivity index is 1.24. The first-order valence-electron chi connectivity index (χ1n) is 9.43. The molecule has 0 spiro atoms. The fraction of sp³-hybridized carbons (Fsp3) is 0.300. The zero-order chi connectivity index (χ0) is 19.8. The van der Waals surface area contributed by atoms with Crippen LogP contribution in [0.3, 0.4) is 0 Å². The summed E-state index contributed by atoms with van der Waals surface area (Å²) >= 11 is 9.11. The van der Waals surface area contributed by atoms with Gasteiger partial charge in [-0.3, -0.25) is 4.79 Å². The maximum absolute atomic E-state index is 12.8. The van der Waals surface area contributed by atoms with Crippen molar-refractivity contribution in [2.75, 3.05) is 18.8 Å². The standard InChI is InChI=1S/C20H18ClN5OS2/c21-13-8-15-18(22-9-13)25-20(24-15)28-11-17(27)26-7-3-4-12(10-26)19-23-14-5-1-2-6-16(14)29-19/h1-2,5-6,8-9,12H,3-4,7,10-11H2,(H,22,24,25)/t12-/m0/s1. The zero-order valence-corrected chi connectivity index (χ0v) is 17.9. The number of amides is 1. The molecule has 0 radical (unpaired) electrons. The van der Waals surface area contributed by atoms with Crippen LogP contribution >= 0.6 is 34.7 Å². The van der Waals surface area contributed by atoms with Crippen molar-refractivity contribution in [2.24, 2.45) is 0 Å². The van der Waals surface area contributed by atoms with Gasteiger partial charge in [0, 0.05) is 25.2 Å². The highest BCUT2D eigenvalue weighted by Gasteiger charge is 2.27. The van der Waals surface area contributed by atoms with Crippen LogP contribution in [0.2, 0.25) is 5.02 Å². The number of hydrogen-bond acceptors (Lipinski definition) is 6. The first-order chi connectivity index (χ1) is 14.2. The van der Waals surface area contributed by atoms with Crippen LogP contribution in [0.25, 0.3) is 21.4 Å². The normalized spacial score (nSPS) is 17.3. The van der Waals surface area contributed by atoms with E-state index < -0.39 is 0 Å². The van der Waals surface area contributed by atoms with E-state index in [1.807, 2.05) is 23.1 Å². The number of H-pyrrole nitrogens is 1. The highest BCUT2D eigenvalue weighted by molar-refractivity contribution is 7.99. The number of fused-ring (bicyclic) bond motifs is 2. The first-order valence-corrected chi connectivity index (χ1v) is 11.6. The molecule has 5 rings (SSSR count). The number of thiazole rings is 1. The zero-order valence-electron chi connectivity index (χ0n) is 15.5. The summed E-state index contributed by atoms with van der Waals surface area (Å²) in [6, 6.07) is 10.00. The van der Waals surface area contributed by atoms with E-state index in [0.29, 0.717) is 27.5 Å². The van der Waals surface area contributed by atoms with E-state index in [0.717, 1.165) is 42.0 Å². The maximum Gasteiger partial charge on any atom is 0.233 e. The van der Waals surface area contributed by atoms with E-state index in [-0.39, 0.29) is 5.91 Å². The predicted octanol–water partition coefficient (Wildman–Crippen LogP) is 4.72. The maximum atomic E-state index is 12.8. The number of benzene rings is 1. The van der Waals surface area contributed by atoms with Crippen molar-refractivity contribution >= 4 is 62.0 Å². The van der Waals surface area contributed by atoms with Crippen molar-refractivity contribution < 1.29 is 4.79 Å². The van der Waals surface area contributed by atoms with Gasteiger partial charge in [-0.15, -0.1) is 11.3 Å². The number of aromatic nitrogens is 4. The number of rotatable bonds is 4. The molecule has 0 unspecified atom stereocenters. The van der Waals surface area contributed by atoms with Gasteiger partial charge in [-0.1, -0.05) is 35.5 Å². The Hall–Kier alpha value is -2.16. The minimum atomic E-state index is 0.132. The molecule has 1 N–H and O–H groups in total. The summed E-state index contributed by atoms with van der Waals surface area (Å²) < 4.78 is 1.21. The first kappa shape index (κ1) is 18.8. The average molecular weight is 444 g/mol. The second-order valence-corrected chi connectivity index (χ2v) is 9.52. The summed E-state index contributed by atoms with van der Waals surface area (Å²) in [5, 5.41) is 2.38. The minimum absolute atomic E-state index is 0.132. The molecular formula is C20H18ClN5OS2. The van der Waals surface area contributed by atoms with Crippen LogP contribution in [0.5, 0.6) is 0 Å². The van der Waals surface area contributed by atoms with Crippen LogP contribution < -0.4 is 0 Å². The molecule has 1 atom stereocenters. The second-order valence-electron chi connectivity index (χ2n) is 7.05. The number of thioether (sulfide) groups is 1. The van der Waals surface area contributed by atoms with Crippen LogP contribution in [0.15, 0.2) is 41.7 Å². The number of carbonyl (C=O) groups excluding carboxylic acids is 1. The molecule has 4 aromatic rings. The number of pyridine rings is 1. The second kappa shape index (κ2) is 7.93. The quantitative estimate of drug-likeness (QED) is 0.462. The van der Waals surface area contributed by atoms with Crippen LogP contribution in [0, 0.1) is 0 Å². The van der Waals surface area contributed by atoms with Gasteiger partial charge in [0.1, 0.15) is 0 Å². The summed E-state index contributed by atoms with van der Waals surface area (Å²) in [7, 11) is 0. The molecule has 29 heavy (non-hydrogen) atoms. The lowest BCUT2D eigenvalue weighted by molar-refractivity contribution is -0.129. The number of halogens is 1. The van der Waals surface area contributed by atoms with Crippen molar-refractivity contribution in [2.45, 2.75) is 23.9 Å². The third-order valence-electron chi connectivity index (χ3n) is 5.05. The molecule has 1 aromatic carbocycles. The van der Waals surface area contributed by atoms with E-state index in [4.69, 9.17) is 16.6 Å². The number of imidazole rings is 1. The highest BCUT2D eigenvalue weighted by atomic mass is 35.5. The number of aromatic amines is 1.